The lowest BCUT2D eigenvalue weighted by Gasteiger charge is -2.29. The average molecular weight is 416 g/mol. The number of carbonyl (C=O) groups excluding carboxylic acids is 3. The molecular weight excluding hydrogens is 392 g/mol. The average Bonchev–Trinajstić information content (AvgIpc) is 2.88. The summed E-state index contributed by atoms with van der Waals surface area (Å²) in [7, 11) is 1.58. The van der Waals surface area contributed by atoms with Crippen LogP contribution >= 0.6 is 0 Å². The SMILES string of the molecule is CC1CC(=O)Nc2ccccc2N1C(=O)CN(C)C(=O)Nc1cccc2ccccc12. The summed E-state index contributed by atoms with van der Waals surface area (Å²) >= 11 is 0. The van der Waals surface area contributed by atoms with Crippen molar-refractivity contribution in [2.75, 3.05) is 29.1 Å². The third kappa shape index (κ3) is 4.21. The molecule has 1 aliphatic heterocycles. The van der Waals surface area contributed by atoms with E-state index < -0.39 is 0 Å². The Balaban J connectivity index is 1.51. The van der Waals surface area contributed by atoms with Crippen molar-refractivity contribution in [1.82, 2.24) is 4.90 Å². The molecule has 7 heteroatoms. The number of anilines is 3. The molecule has 31 heavy (non-hydrogen) atoms. The monoisotopic (exact) mass is 416 g/mol. The lowest BCUT2D eigenvalue weighted by Crippen LogP contribution is -2.46. The van der Waals surface area contributed by atoms with Gasteiger partial charge in [0, 0.05) is 24.9 Å². The number of nitrogens with zero attached hydrogens (tertiary/aromatic N) is 2. The summed E-state index contributed by atoms with van der Waals surface area (Å²) in [5, 5.41) is 7.68. The van der Waals surface area contributed by atoms with Crippen LogP contribution in [0.5, 0.6) is 0 Å². The molecule has 3 aromatic carbocycles. The highest BCUT2D eigenvalue weighted by atomic mass is 16.2. The number of hydrogen-bond acceptors (Lipinski definition) is 3. The van der Waals surface area contributed by atoms with Gasteiger partial charge in [-0.3, -0.25) is 9.59 Å². The molecule has 0 fully saturated rings. The molecule has 1 unspecified atom stereocenters. The lowest BCUT2D eigenvalue weighted by atomic mass is 10.1. The molecule has 1 heterocycles. The molecule has 0 aromatic heterocycles. The number of hydrogen-bond donors (Lipinski definition) is 2. The Morgan fingerprint density at radius 3 is 2.61 bits per heavy atom. The summed E-state index contributed by atoms with van der Waals surface area (Å²) in [6.45, 7) is 1.71. The molecule has 4 amide bonds. The van der Waals surface area contributed by atoms with Crippen LogP contribution in [0.3, 0.4) is 0 Å². The Labute approximate surface area is 180 Å². The fourth-order valence-corrected chi connectivity index (χ4v) is 3.86. The van der Waals surface area contributed by atoms with Crippen LogP contribution < -0.4 is 15.5 Å². The molecule has 0 saturated heterocycles. The molecule has 158 valence electrons. The maximum Gasteiger partial charge on any atom is 0.322 e. The number of amides is 4. The van der Waals surface area contributed by atoms with Crippen molar-refractivity contribution < 1.29 is 14.4 Å². The third-order valence-electron chi connectivity index (χ3n) is 5.38. The molecule has 0 bridgehead atoms. The van der Waals surface area contributed by atoms with E-state index in [1.807, 2.05) is 61.5 Å². The summed E-state index contributed by atoms with van der Waals surface area (Å²) in [4.78, 5) is 41.1. The standard InChI is InChI=1S/C24H24N4O3/c1-16-14-22(29)25-20-11-5-6-13-21(20)28(16)23(30)15-27(2)24(31)26-19-12-7-9-17-8-3-4-10-18(17)19/h3-13,16H,14-15H2,1-2H3,(H,25,29)(H,26,31). The first kappa shape index (κ1) is 20.4. The number of likely N-dealkylation sites (N-methyl/N-ethyl adjacent to an activating group) is 1. The molecule has 7 nitrogen and oxygen atoms in total. The van der Waals surface area contributed by atoms with E-state index in [1.54, 1.807) is 24.1 Å². The summed E-state index contributed by atoms with van der Waals surface area (Å²) in [6.07, 6.45) is 0.187. The van der Waals surface area contributed by atoms with Gasteiger partial charge < -0.3 is 20.4 Å². The highest BCUT2D eigenvalue weighted by Crippen LogP contribution is 2.31. The van der Waals surface area contributed by atoms with Gasteiger partial charge in [-0.15, -0.1) is 0 Å². The lowest BCUT2D eigenvalue weighted by molar-refractivity contribution is -0.119. The number of benzene rings is 3. The molecule has 1 aliphatic rings. The maximum absolute atomic E-state index is 13.2. The van der Waals surface area contributed by atoms with Crippen LogP contribution in [-0.4, -0.2) is 42.4 Å². The smallest absolute Gasteiger partial charge is 0.322 e. The van der Waals surface area contributed by atoms with E-state index in [0.717, 1.165) is 10.8 Å². The first-order chi connectivity index (χ1) is 14.9. The number of fused-ring (bicyclic) bond motifs is 2. The van der Waals surface area contributed by atoms with Crippen molar-refractivity contribution in [3.63, 3.8) is 0 Å². The first-order valence-electron chi connectivity index (χ1n) is 10.1. The van der Waals surface area contributed by atoms with Crippen LogP contribution in [0, 0.1) is 0 Å². The van der Waals surface area contributed by atoms with Gasteiger partial charge in [0.2, 0.25) is 11.8 Å². The van der Waals surface area contributed by atoms with Crippen molar-refractivity contribution in [1.29, 1.82) is 0 Å². The van der Waals surface area contributed by atoms with Crippen molar-refractivity contribution in [2.24, 2.45) is 0 Å². The predicted molar refractivity (Wildman–Crippen MR) is 122 cm³/mol. The molecule has 0 radical (unpaired) electrons. The van der Waals surface area contributed by atoms with Gasteiger partial charge in [-0.2, -0.15) is 0 Å². The Hall–Kier alpha value is -3.87. The van der Waals surface area contributed by atoms with Crippen LogP contribution in [-0.2, 0) is 9.59 Å². The highest BCUT2D eigenvalue weighted by Gasteiger charge is 2.30. The Kier molecular flexibility index (Phi) is 5.58. The van der Waals surface area contributed by atoms with E-state index in [0.29, 0.717) is 17.1 Å². The van der Waals surface area contributed by atoms with Crippen LogP contribution in [0.1, 0.15) is 13.3 Å². The van der Waals surface area contributed by atoms with E-state index >= 15 is 0 Å². The minimum absolute atomic E-state index is 0.122. The van der Waals surface area contributed by atoms with Crippen molar-refractivity contribution >= 4 is 45.7 Å². The zero-order valence-corrected chi connectivity index (χ0v) is 17.5. The van der Waals surface area contributed by atoms with Gasteiger partial charge in [0.15, 0.2) is 0 Å². The number of urea groups is 1. The maximum atomic E-state index is 13.2. The second-order valence-corrected chi connectivity index (χ2v) is 7.70. The van der Waals surface area contributed by atoms with Gasteiger partial charge in [0.05, 0.1) is 17.1 Å². The molecule has 4 rings (SSSR count). The van der Waals surface area contributed by atoms with Crippen molar-refractivity contribution in [3.05, 3.63) is 66.7 Å². The van der Waals surface area contributed by atoms with Gasteiger partial charge in [0.25, 0.3) is 0 Å². The third-order valence-corrected chi connectivity index (χ3v) is 5.38. The largest absolute Gasteiger partial charge is 0.324 e. The van der Waals surface area contributed by atoms with Gasteiger partial charge in [-0.1, -0.05) is 48.5 Å². The van der Waals surface area contributed by atoms with Crippen LogP contribution in [0.4, 0.5) is 21.9 Å². The van der Waals surface area contributed by atoms with Gasteiger partial charge in [0.1, 0.15) is 6.54 Å². The predicted octanol–water partition coefficient (Wildman–Crippen LogP) is 4.07. The molecule has 3 aromatic rings. The number of nitrogens with one attached hydrogen (secondary N) is 2. The van der Waals surface area contributed by atoms with Crippen LogP contribution in [0.15, 0.2) is 66.7 Å². The summed E-state index contributed by atoms with van der Waals surface area (Å²) in [5.74, 6) is -0.399. The van der Waals surface area contributed by atoms with Crippen LogP contribution in [0.25, 0.3) is 10.8 Å². The topological polar surface area (TPSA) is 81.8 Å². The van der Waals surface area contributed by atoms with E-state index in [1.165, 1.54) is 4.90 Å². The van der Waals surface area contributed by atoms with E-state index in [2.05, 4.69) is 10.6 Å². The number of para-hydroxylation sites is 2. The zero-order chi connectivity index (χ0) is 22.0. The van der Waals surface area contributed by atoms with E-state index in [4.69, 9.17) is 0 Å². The highest BCUT2D eigenvalue weighted by molar-refractivity contribution is 6.06. The second-order valence-electron chi connectivity index (χ2n) is 7.70. The minimum atomic E-state index is -0.380. The zero-order valence-electron chi connectivity index (χ0n) is 17.5. The minimum Gasteiger partial charge on any atom is -0.324 e. The molecule has 0 spiro atoms. The first-order valence-corrected chi connectivity index (χ1v) is 10.1. The van der Waals surface area contributed by atoms with E-state index in [9.17, 15) is 14.4 Å². The number of rotatable bonds is 3. The van der Waals surface area contributed by atoms with Gasteiger partial charge in [-0.05, 0) is 30.5 Å². The second kappa shape index (κ2) is 8.47. The summed E-state index contributed by atoms with van der Waals surface area (Å²) in [5.41, 5.74) is 1.91. The molecule has 0 aliphatic carbocycles. The molecule has 0 saturated carbocycles. The fourth-order valence-electron chi connectivity index (χ4n) is 3.86. The van der Waals surface area contributed by atoms with Crippen LogP contribution in [0.2, 0.25) is 0 Å². The molecule has 1 atom stereocenters. The Bertz CT molecular complexity index is 1160. The Morgan fingerprint density at radius 1 is 1.06 bits per heavy atom. The number of carbonyl (C=O) groups is 3. The van der Waals surface area contributed by atoms with Gasteiger partial charge in [-0.25, -0.2) is 4.79 Å². The quantitative estimate of drug-likeness (QED) is 0.675. The van der Waals surface area contributed by atoms with E-state index in [-0.39, 0.29) is 36.9 Å². The summed E-state index contributed by atoms with van der Waals surface area (Å²) in [6, 6.07) is 19.9. The molecular formula is C24H24N4O3. The van der Waals surface area contributed by atoms with Crippen molar-refractivity contribution in [2.45, 2.75) is 19.4 Å². The van der Waals surface area contributed by atoms with Gasteiger partial charge >= 0.3 is 6.03 Å². The normalized spacial score (nSPS) is 15.6. The van der Waals surface area contributed by atoms with Crippen molar-refractivity contribution in [3.8, 4) is 0 Å². The molecule has 2 N–H and O–H groups in total. The fraction of sp³-hybridized carbons (Fsp3) is 0.208. The Morgan fingerprint density at radius 2 is 1.77 bits per heavy atom. The summed E-state index contributed by atoms with van der Waals surface area (Å²) < 4.78 is 0.